The monoisotopic (exact) mass is 380 g/mol. The highest BCUT2D eigenvalue weighted by Crippen LogP contribution is 2.19. The molecule has 0 saturated heterocycles. The van der Waals surface area contributed by atoms with Crippen molar-refractivity contribution in [1.82, 2.24) is 20.4 Å². The summed E-state index contributed by atoms with van der Waals surface area (Å²) in [4.78, 5) is 23.5. The molecule has 25 heavy (non-hydrogen) atoms. The molecule has 134 valence electrons. The van der Waals surface area contributed by atoms with E-state index in [9.17, 15) is 9.59 Å². The van der Waals surface area contributed by atoms with Crippen molar-refractivity contribution in [1.29, 1.82) is 0 Å². The molecule has 0 unspecified atom stereocenters. The minimum Gasteiger partial charge on any atom is -0.309 e. The van der Waals surface area contributed by atoms with Crippen molar-refractivity contribution in [3.63, 3.8) is 0 Å². The number of aryl methyl sites for hydroxylation is 1. The van der Waals surface area contributed by atoms with Gasteiger partial charge in [-0.1, -0.05) is 43.9 Å². The molecule has 0 saturated carbocycles. The molecule has 0 aliphatic rings. The number of carbonyl (C=O) groups excluding carboxylic acids is 2. The first-order chi connectivity index (χ1) is 12.0. The van der Waals surface area contributed by atoms with Crippen LogP contribution in [0.25, 0.3) is 0 Å². The Labute approximate surface area is 154 Å². The quantitative estimate of drug-likeness (QED) is 0.677. The molecule has 0 aliphatic heterocycles. The molecule has 2 N–H and O–H groups in total. The number of aromatic nitrogens is 4. The lowest BCUT2D eigenvalue weighted by atomic mass is 10.2. The molecule has 0 bridgehead atoms. The molecule has 0 spiro atoms. The van der Waals surface area contributed by atoms with Crippen LogP contribution in [0.5, 0.6) is 0 Å². The van der Waals surface area contributed by atoms with Gasteiger partial charge in [0.25, 0.3) is 0 Å². The van der Waals surface area contributed by atoms with Gasteiger partial charge in [0.05, 0.1) is 5.75 Å². The summed E-state index contributed by atoms with van der Waals surface area (Å²) < 4.78 is 0. The van der Waals surface area contributed by atoms with Crippen LogP contribution in [0.3, 0.4) is 0 Å². The van der Waals surface area contributed by atoms with Gasteiger partial charge in [0.15, 0.2) is 5.82 Å². The second kappa shape index (κ2) is 9.42. The third-order valence-electron chi connectivity index (χ3n) is 2.94. The van der Waals surface area contributed by atoms with Crippen molar-refractivity contribution in [2.75, 3.05) is 16.4 Å². The van der Waals surface area contributed by atoms with E-state index >= 15 is 0 Å². The Morgan fingerprint density at radius 1 is 1.16 bits per heavy atom. The first-order valence-electron chi connectivity index (χ1n) is 7.87. The van der Waals surface area contributed by atoms with E-state index in [0.717, 1.165) is 17.8 Å². The van der Waals surface area contributed by atoms with Gasteiger partial charge in [0.2, 0.25) is 16.9 Å². The average molecular weight is 380 g/mol. The average Bonchev–Trinajstić information content (AvgIpc) is 3.01. The number of carbonyl (C=O) groups is 2. The van der Waals surface area contributed by atoms with E-state index in [1.165, 1.54) is 23.1 Å². The van der Waals surface area contributed by atoms with E-state index in [4.69, 9.17) is 0 Å². The van der Waals surface area contributed by atoms with Gasteiger partial charge in [-0.15, -0.1) is 20.4 Å². The second-order valence-electron chi connectivity index (χ2n) is 5.49. The van der Waals surface area contributed by atoms with E-state index in [2.05, 4.69) is 38.0 Å². The Bertz CT molecular complexity index is 717. The Kier molecular flexibility index (Phi) is 7.26. The van der Waals surface area contributed by atoms with Crippen molar-refractivity contribution in [3.05, 3.63) is 17.1 Å². The van der Waals surface area contributed by atoms with E-state index in [-0.39, 0.29) is 23.5 Å². The zero-order chi connectivity index (χ0) is 18.2. The molecule has 2 aromatic rings. The molecule has 8 nitrogen and oxygen atoms in total. The normalized spacial score (nSPS) is 10.7. The fraction of sp³-hybridized carbons (Fsp3) is 0.467. The number of amides is 2. The third kappa shape index (κ3) is 6.39. The molecule has 2 amide bonds. The van der Waals surface area contributed by atoms with Crippen LogP contribution in [-0.2, 0) is 16.0 Å². The zero-order valence-corrected chi connectivity index (χ0v) is 15.9. The Balaban J connectivity index is 1.80. The van der Waals surface area contributed by atoms with Crippen molar-refractivity contribution in [3.8, 4) is 0 Å². The largest absolute Gasteiger partial charge is 0.309 e. The molecule has 0 aromatic carbocycles. The van der Waals surface area contributed by atoms with Crippen LogP contribution in [0.15, 0.2) is 17.2 Å². The smallest absolute Gasteiger partial charge is 0.236 e. The molecule has 0 fully saturated rings. The minimum absolute atomic E-state index is 0.117. The summed E-state index contributed by atoms with van der Waals surface area (Å²) >= 11 is 2.64. The van der Waals surface area contributed by atoms with Crippen molar-refractivity contribution in [2.45, 2.75) is 38.6 Å². The predicted molar refractivity (Wildman–Crippen MR) is 98.8 cm³/mol. The van der Waals surface area contributed by atoms with Gasteiger partial charge < -0.3 is 5.32 Å². The molecular weight excluding hydrogens is 360 g/mol. The fourth-order valence-electron chi connectivity index (χ4n) is 1.65. The summed E-state index contributed by atoms with van der Waals surface area (Å²) in [5.74, 6) is 0.161. The van der Waals surface area contributed by atoms with Crippen molar-refractivity contribution in [2.24, 2.45) is 5.92 Å². The SMILES string of the molecule is CCCc1nnc(NC(=O)CSc2ccc(NC(=O)C(C)C)nn2)s1. The van der Waals surface area contributed by atoms with E-state index in [1.807, 2.05) is 0 Å². The van der Waals surface area contributed by atoms with Gasteiger partial charge in [0, 0.05) is 12.3 Å². The van der Waals surface area contributed by atoms with Gasteiger partial charge >= 0.3 is 0 Å². The molecule has 2 rings (SSSR count). The standard InChI is InChI=1S/C15H20N6O2S2/c1-4-5-13-20-21-15(25-13)17-11(22)8-24-12-7-6-10(18-19-12)16-14(23)9(2)3/h6-7,9H,4-5,8H2,1-3H3,(H,16,18,23)(H,17,21,22). The number of thioether (sulfide) groups is 1. The Morgan fingerprint density at radius 3 is 2.60 bits per heavy atom. The zero-order valence-electron chi connectivity index (χ0n) is 14.3. The maximum absolute atomic E-state index is 11.9. The van der Waals surface area contributed by atoms with Crippen molar-refractivity contribution >= 4 is 45.9 Å². The number of hydrogen-bond acceptors (Lipinski definition) is 8. The molecule has 10 heteroatoms. The van der Waals surface area contributed by atoms with Gasteiger partial charge in [-0.25, -0.2) is 0 Å². The lowest BCUT2D eigenvalue weighted by Gasteiger charge is -2.06. The van der Waals surface area contributed by atoms with Crippen LogP contribution in [0, 0.1) is 5.92 Å². The summed E-state index contributed by atoms with van der Waals surface area (Å²) in [7, 11) is 0. The topological polar surface area (TPSA) is 110 Å². The highest BCUT2D eigenvalue weighted by Gasteiger charge is 2.10. The van der Waals surface area contributed by atoms with E-state index in [1.54, 1.807) is 26.0 Å². The fourth-order valence-corrected chi connectivity index (χ4v) is 3.12. The second-order valence-corrected chi connectivity index (χ2v) is 7.55. The Hall–Kier alpha value is -2.07. The molecule has 0 aliphatic carbocycles. The van der Waals surface area contributed by atoms with Crippen molar-refractivity contribution < 1.29 is 9.59 Å². The molecular formula is C15H20N6O2S2. The number of nitrogens with one attached hydrogen (secondary N) is 2. The van der Waals surface area contributed by atoms with Crippen LogP contribution in [0.1, 0.15) is 32.2 Å². The number of rotatable bonds is 8. The summed E-state index contributed by atoms with van der Waals surface area (Å²) in [5.41, 5.74) is 0. The van der Waals surface area contributed by atoms with Gasteiger partial charge in [0.1, 0.15) is 10.0 Å². The third-order valence-corrected chi connectivity index (χ3v) is 4.76. The van der Waals surface area contributed by atoms with Crippen LogP contribution < -0.4 is 10.6 Å². The van der Waals surface area contributed by atoms with E-state index < -0.39 is 0 Å². The summed E-state index contributed by atoms with van der Waals surface area (Å²) in [6, 6.07) is 3.38. The first kappa shape index (κ1) is 19.3. The van der Waals surface area contributed by atoms with Gasteiger partial charge in [-0.05, 0) is 18.6 Å². The maximum Gasteiger partial charge on any atom is 0.236 e. The number of anilines is 2. The van der Waals surface area contributed by atoms with Gasteiger partial charge in [-0.3, -0.25) is 14.9 Å². The van der Waals surface area contributed by atoms with Crippen LogP contribution in [0.4, 0.5) is 10.9 Å². The molecule has 0 atom stereocenters. The van der Waals surface area contributed by atoms with E-state index in [0.29, 0.717) is 16.0 Å². The molecule has 2 heterocycles. The predicted octanol–water partition coefficient (Wildman–Crippen LogP) is 2.61. The first-order valence-corrected chi connectivity index (χ1v) is 9.67. The highest BCUT2D eigenvalue weighted by molar-refractivity contribution is 7.99. The lowest BCUT2D eigenvalue weighted by molar-refractivity contribution is -0.119. The minimum atomic E-state index is -0.178. The van der Waals surface area contributed by atoms with Gasteiger partial charge in [-0.2, -0.15) is 0 Å². The molecule has 0 radical (unpaired) electrons. The summed E-state index contributed by atoms with van der Waals surface area (Å²) in [6.45, 7) is 5.67. The van der Waals surface area contributed by atoms with Crippen LogP contribution in [0.2, 0.25) is 0 Å². The lowest BCUT2D eigenvalue weighted by Crippen LogP contribution is -2.18. The summed E-state index contributed by atoms with van der Waals surface area (Å²) in [6.07, 6.45) is 1.85. The molecule has 2 aromatic heterocycles. The van der Waals surface area contributed by atoms with Crippen LogP contribution in [-0.4, -0.2) is 38.0 Å². The number of hydrogen-bond donors (Lipinski definition) is 2. The summed E-state index contributed by atoms with van der Waals surface area (Å²) in [5, 5.41) is 23.3. The highest BCUT2D eigenvalue weighted by atomic mass is 32.2. The number of nitrogens with zero attached hydrogens (tertiary/aromatic N) is 4. The Morgan fingerprint density at radius 2 is 1.96 bits per heavy atom. The maximum atomic E-state index is 11.9. The van der Waals surface area contributed by atoms with Crippen LogP contribution >= 0.6 is 23.1 Å².